The molecule has 1 aromatic rings. The zero-order valence-electron chi connectivity index (χ0n) is 11.4. The number of rotatable bonds is 2. The molecule has 0 unspecified atom stereocenters. The lowest BCUT2D eigenvalue weighted by atomic mass is 10.0. The second-order valence-electron chi connectivity index (χ2n) is 5.39. The van der Waals surface area contributed by atoms with E-state index >= 15 is 0 Å². The van der Waals surface area contributed by atoms with Gasteiger partial charge in [0.2, 0.25) is 11.8 Å². The third-order valence-electron chi connectivity index (χ3n) is 3.26. The summed E-state index contributed by atoms with van der Waals surface area (Å²) in [4.78, 5) is 25.6. The Labute approximate surface area is 125 Å². The van der Waals surface area contributed by atoms with Crippen LogP contribution in [0.4, 0.5) is 4.39 Å². The first-order valence-corrected chi connectivity index (χ1v) is 7.13. The van der Waals surface area contributed by atoms with E-state index in [4.69, 9.17) is 0 Å². The van der Waals surface area contributed by atoms with E-state index in [2.05, 4.69) is 21.2 Å². The van der Waals surface area contributed by atoms with Crippen LogP contribution >= 0.6 is 15.9 Å². The van der Waals surface area contributed by atoms with Gasteiger partial charge in [0.1, 0.15) is 11.4 Å². The van der Waals surface area contributed by atoms with Crippen LogP contribution in [0.5, 0.6) is 0 Å². The van der Waals surface area contributed by atoms with Crippen LogP contribution in [0.25, 0.3) is 0 Å². The maximum atomic E-state index is 13.1. The monoisotopic (exact) mass is 342 g/mol. The van der Waals surface area contributed by atoms with Crippen LogP contribution in [0.2, 0.25) is 0 Å². The topological polar surface area (TPSA) is 49.4 Å². The number of halogens is 2. The molecule has 0 aliphatic carbocycles. The highest BCUT2D eigenvalue weighted by Crippen LogP contribution is 2.22. The summed E-state index contributed by atoms with van der Waals surface area (Å²) in [5.74, 6) is -0.608. The van der Waals surface area contributed by atoms with E-state index in [0.717, 1.165) is 5.56 Å². The fourth-order valence-corrected chi connectivity index (χ4v) is 2.68. The van der Waals surface area contributed by atoms with Crippen molar-refractivity contribution in [3.8, 4) is 0 Å². The Balaban J connectivity index is 2.23. The first-order valence-electron chi connectivity index (χ1n) is 6.34. The third-order valence-corrected chi connectivity index (χ3v) is 4.00. The van der Waals surface area contributed by atoms with Gasteiger partial charge in [-0.1, -0.05) is 22.0 Å². The smallest absolute Gasteiger partial charge is 0.248 e. The minimum Gasteiger partial charge on any atom is -0.342 e. The van der Waals surface area contributed by atoms with Crippen molar-refractivity contribution in [2.24, 2.45) is 0 Å². The van der Waals surface area contributed by atoms with Crippen molar-refractivity contribution >= 4 is 27.7 Å². The molecule has 0 atom stereocenters. The second-order valence-corrected chi connectivity index (χ2v) is 6.24. The summed E-state index contributed by atoms with van der Waals surface area (Å²) >= 11 is 3.29. The minimum atomic E-state index is -0.917. The number of hydrogen-bond acceptors (Lipinski definition) is 2. The molecule has 0 saturated carbocycles. The predicted molar refractivity (Wildman–Crippen MR) is 76.4 cm³/mol. The molecule has 1 saturated heterocycles. The molecule has 1 aliphatic rings. The van der Waals surface area contributed by atoms with Crippen molar-refractivity contribution in [2.75, 3.05) is 6.54 Å². The van der Waals surface area contributed by atoms with Gasteiger partial charge < -0.3 is 10.2 Å². The quantitative estimate of drug-likeness (QED) is 0.895. The third kappa shape index (κ3) is 3.17. The summed E-state index contributed by atoms with van der Waals surface area (Å²) in [6.07, 6.45) is 0.272. The second kappa shape index (κ2) is 5.52. The number of carbonyl (C=O) groups is 2. The maximum Gasteiger partial charge on any atom is 0.248 e. The lowest BCUT2D eigenvalue weighted by Gasteiger charge is -2.29. The van der Waals surface area contributed by atoms with Gasteiger partial charge in [-0.05, 0) is 31.5 Å². The first-order chi connectivity index (χ1) is 9.29. The molecule has 2 rings (SSSR count). The molecule has 6 heteroatoms. The van der Waals surface area contributed by atoms with Gasteiger partial charge in [0.05, 0.1) is 0 Å². The molecule has 1 aromatic carbocycles. The van der Waals surface area contributed by atoms with Gasteiger partial charge in [0, 0.05) is 24.0 Å². The van der Waals surface area contributed by atoms with Crippen LogP contribution in [0.15, 0.2) is 22.7 Å². The van der Waals surface area contributed by atoms with E-state index in [1.807, 2.05) is 0 Å². The minimum absolute atomic E-state index is 0.135. The van der Waals surface area contributed by atoms with Gasteiger partial charge in [-0.3, -0.25) is 9.59 Å². The number of carbonyl (C=O) groups excluding carboxylic acids is 2. The molecule has 1 aliphatic heterocycles. The highest BCUT2D eigenvalue weighted by molar-refractivity contribution is 9.10. The van der Waals surface area contributed by atoms with E-state index in [9.17, 15) is 14.0 Å². The summed E-state index contributed by atoms with van der Waals surface area (Å²) in [6, 6.07) is 4.36. The van der Waals surface area contributed by atoms with Crippen molar-refractivity contribution < 1.29 is 14.0 Å². The molecular formula is C14H16BrFN2O2. The Morgan fingerprint density at radius 2 is 2.10 bits per heavy atom. The molecule has 2 amide bonds. The van der Waals surface area contributed by atoms with Crippen molar-refractivity contribution in [2.45, 2.75) is 32.4 Å². The summed E-state index contributed by atoms with van der Waals surface area (Å²) in [5, 5.41) is 2.71. The highest BCUT2D eigenvalue weighted by Gasteiger charge is 2.36. The average Bonchev–Trinajstić information content (AvgIpc) is 2.43. The predicted octanol–water partition coefficient (Wildman–Crippen LogP) is 2.22. The Kier molecular flexibility index (Phi) is 4.13. The fraction of sp³-hybridized carbons (Fsp3) is 0.429. The summed E-state index contributed by atoms with van der Waals surface area (Å²) in [5.41, 5.74) is -0.106. The van der Waals surface area contributed by atoms with E-state index in [0.29, 0.717) is 17.6 Å². The SMILES string of the molecule is CC1(C)NC(=O)CCN(Cc2ccc(F)cc2Br)C1=O. The molecule has 0 radical (unpaired) electrons. The summed E-state index contributed by atoms with van der Waals surface area (Å²) in [7, 11) is 0. The van der Waals surface area contributed by atoms with Crippen molar-refractivity contribution in [3.63, 3.8) is 0 Å². The molecule has 0 spiro atoms. The zero-order valence-corrected chi connectivity index (χ0v) is 13.0. The molecule has 1 N–H and O–H groups in total. The van der Waals surface area contributed by atoms with E-state index in [-0.39, 0.29) is 24.1 Å². The number of hydrogen-bond donors (Lipinski definition) is 1. The molecule has 0 bridgehead atoms. The van der Waals surface area contributed by atoms with Crippen LogP contribution in [0, 0.1) is 5.82 Å². The Bertz CT molecular complexity index is 560. The number of nitrogens with one attached hydrogen (secondary N) is 1. The summed E-state index contributed by atoms with van der Waals surface area (Å²) < 4.78 is 13.7. The number of nitrogens with zero attached hydrogens (tertiary/aromatic N) is 1. The number of amides is 2. The Hall–Kier alpha value is -1.43. The van der Waals surface area contributed by atoms with Crippen LogP contribution in [-0.2, 0) is 16.1 Å². The normalized spacial score (nSPS) is 18.7. The molecular weight excluding hydrogens is 327 g/mol. The van der Waals surface area contributed by atoms with Crippen LogP contribution < -0.4 is 5.32 Å². The fourth-order valence-electron chi connectivity index (χ4n) is 2.20. The van der Waals surface area contributed by atoms with Crippen molar-refractivity contribution in [1.29, 1.82) is 0 Å². The molecule has 108 valence electrons. The largest absolute Gasteiger partial charge is 0.342 e. The molecule has 4 nitrogen and oxygen atoms in total. The Morgan fingerprint density at radius 1 is 1.40 bits per heavy atom. The standard InChI is InChI=1S/C14H16BrFN2O2/c1-14(2)13(20)18(6-5-12(19)17-14)8-9-3-4-10(16)7-11(9)15/h3-4,7H,5-6,8H2,1-2H3,(H,17,19). The van der Waals surface area contributed by atoms with Gasteiger partial charge in [-0.2, -0.15) is 0 Å². The molecule has 1 heterocycles. The molecule has 0 aromatic heterocycles. The number of benzene rings is 1. The lowest BCUT2D eigenvalue weighted by Crippen LogP contribution is -2.52. The van der Waals surface area contributed by atoms with E-state index in [1.54, 1.807) is 24.8 Å². The van der Waals surface area contributed by atoms with Crippen LogP contribution in [0.1, 0.15) is 25.8 Å². The van der Waals surface area contributed by atoms with Gasteiger partial charge in [0.15, 0.2) is 0 Å². The van der Waals surface area contributed by atoms with Crippen molar-refractivity contribution in [1.82, 2.24) is 10.2 Å². The Morgan fingerprint density at radius 3 is 2.75 bits per heavy atom. The van der Waals surface area contributed by atoms with E-state index < -0.39 is 5.54 Å². The van der Waals surface area contributed by atoms with Crippen LogP contribution in [-0.4, -0.2) is 28.8 Å². The zero-order chi connectivity index (χ0) is 14.9. The molecule has 1 fully saturated rings. The average molecular weight is 343 g/mol. The van der Waals surface area contributed by atoms with Crippen LogP contribution in [0.3, 0.4) is 0 Å². The van der Waals surface area contributed by atoms with Gasteiger partial charge >= 0.3 is 0 Å². The van der Waals surface area contributed by atoms with E-state index in [1.165, 1.54) is 12.1 Å². The lowest BCUT2D eigenvalue weighted by molar-refractivity contribution is -0.137. The summed E-state index contributed by atoms with van der Waals surface area (Å²) in [6.45, 7) is 4.08. The highest BCUT2D eigenvalue weighted by atomic mass is 79.9. The van der Waals surface area contributed by atoms with Gasteiger partial charge in [-0.25, -0.2) is 4.39 Å². The van der Waals surface area contributed by atoms with Gasteiger partial charge in [-0.15, -0.1) is 0 Å². The van der Waals surface area contributed by atoms with Gasteiger partial charge in [0.25, 0.3) is 0 Å². The maximum absolute atomic E-state index is 13.1. The first kappa shape index (κ1) is 15.0. The van der Waals surface area contributed by atoms with Crippen molar-refractivity contribution in [3.05, 3.63) is 34.1 Å². The molecule has 20 heavy (non-hydrogen) atoms.